The van der Waals surface area contributed by atoms with Crippen molar-refractivity contribution < 1.29 is 14.6 Å². The van der Waals surface area contributed by atoms with Crippen molar-refractivity contribution in [3.05, 3.63) is 23.6 Å². The summed E-state index contributed by atoms with van der Waals surface area (Å²) in [5, 5.41) is 19.6. The Morgan fingerprint density at radius 1 is 1.44 bits per heavy atom. The van der Waals surface area contributed by atoms with E-state index in [0.29, 0.717) is 17.9 Å². The van der Waals surface area contributed by atoms with Gasteiger partial charge in [-0.05, 0) is 18.9 Å². The van der Waals surface area contributed by atoms with Gasteiger partial charge in [-0.25, -0.2) is 9.37 Å². The molecule has 0 aromatic carbocycles. The second kappa shape index (κ2) is 5.20. The van der Waals surface area contributed by atoms with E-state index < -0.39 is 11.4 Å². The van der Waals surface area contributed by atoms with Crippen molar-refractivity contribution in [3.63, 3.8) is 0 Å². The molecule has 0 spiro atoms. The van der Waals surface area contributed by atoms with Gasteiger partial charge in [-0.15, -0.1) is 0 Å². The summed E-state index contributed by atoms with van der Waals surface area (Å²) in [4.78, 5) is 5.79. The average Bonchev–Trinajstić information content (AvgIpc) is 2.75. The van der Waals surface area contributed by atoms with Gasteiger partial charge in [0.25, 0.3) is 0 Å². The smallest absolute Gasteiger partial charge is 0.142 e. The largest absolute Gasteiger partial charge is 0.392 e. The molecular formula is C13H19FN2O2. The first-order chi connectivity index (χ1) is 8.54. The Kier molecular flexibility index (Phi) is 3.82. The molecule has 2 N–H and O–H groups in total. The highest BCUT2D eigenvalue weighted by Crippen LogP contribution is 2.31. The quantitative estimate of drug-likeness (QED) is 0.854. The summed E-state index contributed by atoms with van der Waals surface area (Å²) in [6, 6.07) is 1.28. The molecule has 1 heterocycles. The minimum absolute atomic E-state index is 0.261. The lowest BCUT2D eigenvalue weighted by Gasteiger charge is -2.30. The Balaban J connectivity index is 2.15. The zero-order chi connectivity index (χ0) is 13.2. The maximum Gasteiger partial charge on any atom is 0.142 e. The number of hydrogen-bond donors (Lipinski definition) is 2. The first-order valence-corrected chi connectivity index (χ1v) is 6.23. The molecule has 0 unspecified atom stereocenters. The summed E-state index contributed by atoms with van der Waals surface area (Å²) in [6.07, 6.45) is 4.77. The molecule has 100 valence electrons. The van der Waals surface area contributed by atoms with Gasteiger partial charge in [0.1, 0.15) is 11.6 Å². The predicted octanol–water partition coefficient (Wildman–Crippen LogP) is 1.45. The molecule has 1 fully saturated rings. The number of likely N-dealkylation sites (N-methyl/N-ethyl adjacent to an activating group) is 1. The Labute approximate surface area is 106 Å². The van der Waals surface area contributed by atoms with Gasteiger partial charge in [-0.2, -0.15) is 0 Å². The fourth-order valence-electron chi connectivity index (χ4n) is 2.64. The highest BCUT2D eigenvalue weighted by atomic mass is 19.1. The van der Waals surface area contributed by atoms with E-state index in [2.05, 4.69) is 4.98 Å². The van der Waals surface area contributed by atoms with E-state index in [1.807, 2.05) is 0 Å². The zero-order valence-electron chi connectivity index (χ0n) is 10.6. The molecule has 1 aromatic heterocycles. The van der Waals surface area contributed by atoms with Crippen LogP contribution in [0.3, 0.4) is 0 Å². The number of halogens is 1. The number of aromatic nitrogens is 1. The summed E-state index contributed by atoms with van der Waals surface area (Å²) in [7, 11) is 1.80. The third kappa shape index (κ3) is 2.79. The number of aliphatic hydroxyl groups excluding tert-OH is 1. The third-order valence-corrected chi connectivity index (χ3v) is 3.51. The van der Waals surface area contributed by atoms with Crippen LogP contribution in [0.4, 0.5) is 10.2 Å². The molecule has 1 saturated carbocycles. The highest BCUT2D eigenvalue weighted by Gasteiger charge is 2.32. The number of aliphatic hydroxyl groups is 2. The Bertz CT molecular complexity index is 419. The van der Waals surface area contributed by atoms with Crippen LogP contribution < -0.4 is 4.90 Å². The van der Waals surface area contributed by atoms with Crippen LogP contribution in [-0.4, -0.2) is 34.4 Å². The molecule has 0 amide bonds. The number of pyridine rings is 1. The van der Waals surface area contributed by atoms with Crippen LogP contribution in [0.2, 0.25) is 0 Å². The summed E-state index contributed by atoms with van der Waals surface area (Å²) < 4.78 is 13.0. The van der Waals surface area contributed by atoms with Crippen LogP contribution in [0.25, 0.3) is 0 Å². The summed E-state index contributed by atoms with van der Waals surface area (Å²) in [5.74, 6) is 0.0648. The van der Waals surface area contributed by atoms with Crippen LogP contribution in [0, 0.1) is 5.82 Å². The molecule has 0 atom stereocenters. The molecule has 0 radical (unpaired) electrons. The lowest BCUT2D eigenvalue weighted by molar-refractivity contribution is 0.0557. The third-order valence-electron chi connectivity index (χ3n) is 3.51. The molecular weight excluding hydrogens is 235 g/mol. The Hall–Kier alpha value is -1.20. The summed E-state index contributed by atoms with van der Waals surface area (Å²) >= 11 is 0. The van der Waals surface area contributed by atoms with E-state index in [1.54, 1.807) is 11.9 Å². The standard InChI is InChI=1S/C13H19FN2O2/c1-16(9-13(18)4-2-3-5-13)12-10(8-17)6-11(14)7-15-12/h6-7,17-18H,2-5,8-9H2,1H3. The van der Waals surface area contributed by atoms with E-state index in [0.717, 1.165) is 31.9 Å². The monoisotopic (exact) mass is 254 g/mol. The molecule has 0 bridgehead atoms. The summed E-state index contributed by atoms with van der Waals surface area (Å²) in [5.41, 5.74) is -0.239. The lowest BCUT2D eigenvalue weighted by Crippen LogP contribution is -2.40. The Morgan fingerprint density at radius 3 is 2.72 bits per heavy atom. The topological polar surface area (TPSA) is 56.6 Å². The van der Waals surface area contributed by atoms with E-state index in [9.17, 15) is 14.6 Å². The van der Waals surface area contributed by atoms with Crippen molar-refractivity contribution in [1.29, 1.82) is 0 Å². The highest BCUT2D eigenvalue weighted by molar-refractivity contribution is 5.46. The van der Waals surface area contributed by atoms with Crippen molar-refractivity contribution >= 4 is 5.82 Å². The van der Waals surface area contributed by atoms with Crippen LogP contribution in [-0.2, 0) is 6.61 Å². The maximum atomic E-state index is 13.0. The Morgan fingerprint density at radius 2 is 2.11 bits per heavy atom. The second-order valence-corrected chi connectivity index (χ2v) is 5.08. The second-order valence-electron chi connectivity index (χ2n) is 5.08. The first-order valence-electron chi connectivity index (χ1n) is 6.23. The molecule has 1 aliphatic carbocycles. The lowest BCUT2D eigenvalue weighted by atomic mass is 10.0. The van der Waals surface area contributed by atoms with Crippen molar-refractivity contribution in [2.45, 2.75) is 37.9 Å². The van der Waals surface area contributed by atoms with E-state index in [4.69, 9.17) is 0 Å². The molecule has 1 aromatic rings. The summed E-state index contributed by atoms with van der Waals surface area (Å²) in [6.45, 7) is 0.196. The van der Waals surface area contributed by atoms with E-state index >= 15 is 0 Å². The maximum absolute atomic E-state index is 13.0. The van der Waals surface area contributed by atoms with Crippen LogP contribution in [0.15, 0.2) is 12.3 Å². The average molecular weight is 254 g/mol. The van der Waals surface area contributed by atoms with Crippen molar-refractivity contribution in [2.75, 3.05) is 18.5 Å². The fraction of sp³-hybridized carbons (Fsp3) is 0.615. The molecule has 4 nitrogen and oxygen atoms in total. The molecule has 2 rings (SSSR count). The van der Waals surface area contributed by atoms with E-state index in [-0.39, 0.29) is 6.61 Å². The van der Waals surface area contributed by atoms with Gasteiger partial charge in [0.15, 0.2) is 0 Å². The van der Waals surface area contributed by atoms with Gasteiger partial charge in [0.2, 0.25) is 0 Å². The number of anilines is 1. The van der Waals surface area contributed by atoms with Crippen molar-refractivity contribution in [3.8, 4) is 0 Å². The van der Waals surface area contributed by atoms with Gasteiger partial charge >= 0.3 is 0 Å². The SMILES string of the molecule is CN(CC1(O)CCCC1)c1ncc(F)cc1CO. The van der Waals surface area contributed by atoms with Gasteiger partial charge in [-0.3, -0.25) is 0 Å². The normalized spacial score (nSPS) is 18.0. The molecule has 18 heavy (non-hydrogen) atoms. The molecule has 0 saturated heterocycles. The zero-order valence-corrected chi connectivity index (χ0v) is 10.6. The van der Waals surface area contributed by atoms with Crippen LogP contribution >= 0.6 is 0 Å². The van der Waals surface area contributed by atoms with Crippen LogP contribution in [0.5, 0.6) is 0 Å². The number of hydrogen-bond acceptors (Lipinski definition) is 4. The van der Waals surface area contributed by atoms with Gasteiger partial charge in [0.05, 0.1) is 18.4 Å². The fourth-order valence-corrected chi connectivity index (χ4v) is 2.64. The molecule has 5 heteroatoms. The molecule has 1 aliphatic rings. The van der Waals surface area contributed by atoms with E-state index in [1.165, 1.54) is 6.07 Å². The van der Waals surface area contributed by atoms with Gasteiger partial charge in [0, 0.05) is 19.2 Å². The predicted molar refractivity (Wildman–Crippen MR) is 66.8 cm³/mol. The van der Waals surface area contributed by atoms with Crippen molar-refractivity contribution in [2.24, 2.45) is 0 Å². The number of nitrogens with zero attached hydrogens (tertiary/aromatic N) is 2. The minimum atomic E-state index is -0.683. The van der Waals surface area contributed by atoms with Crippen LogP contribution in [0.1, 0.15) is 31.2 Å². The van der Waals surface area contributed by atoms with Gasteiger partial charge in [-0.1, -0.05) is 12.8 Å². The minimum Gasteiger partial charge on any atom is -0.392 e. The van der Waals surface area contributed by atoms with Crippen molar-refractivity contribution in [1.82, 2.24) is 4.98 Å². The molecule has 0 aliphatic heterocycles. The van der Waals surface area contributed by atoms with Gasteiger partial charge < -0.3 is 15.1 Å². The first kappa shape index (κ1) is 13.2. The number of rotatable bonds is 4.